The number of hydrogen-bond donors (Lipinski definition) is 1. The van der Waals surface area contributed by atoms with Gasteiger partial charge >= 0.3 is 11.9 Å². The van der Waals surface area contributed by atoms with Gasteiger partial charge in [-0.1, -0.05) is 0 Å². The topological polar surface area (TPSA) is 103 Å². The number of nitrogens with zero attached hydrogens (tertiary/aromatic N) is 2. The summed E-state index contributed by atoms with van der Waals surface area (Å²) in [5.74, 6) is -0.780. The molecule has 0 aliphatic heterocycles. The lowest BCUT2D eigenvalue weighted by Crippen LogP contribution is -2.15. The number of aryl methyl sites for hydroxylation is 1. The molecule has 1 aromatic carbocycles. The molecule has 4 rings (SSSR count). The van der Waals surface area contributed by atoms with Gasteiger partial charge in [0, 0.05) is 17.4 Å². The summed E-state index contributed by atoms with van der Waals surface area (Å²) < 4.78 is 12.3. The molecular weight excluding hydrogens is 374 g/mol. The first-order valence-electron chi connectivity index (χ1n) is 9.36. The summed E-state index contributed by atoms with van der Waals surface area (Å²) in [7, 11) is 1.28. The van der Waals surface area contributed by atoms with Crippen LogP contribution in [-0.4, -0.2) is 33.6 Å². The van der Waals surface area contributed by atoms with Gasteiger partial charge in [0.2, 0.25) is 0 Å². The Morgan fingerprint density at radius 1 is 1.21 bits per heavy atom. The van der Waals surface area contributed by atoms with E-state index in [4.69, 9.17) is 9.47 Å². The van der Waals surface area contributed by atoms with Gasteiger partial charge in [-0.25, -0.2) is 14.6 Å². The van der Waals surface area contributed by atoms with Gasteiger partial charge in [-0.2, -0.15) is 0 Å². The summed E-state index contributed by atoms with van der Waals surface area (Å²) in [6.07, 6.45) is 2.25. The van der Waals surface area contributed by atoms with Crippen LogP contribution in [0.3, 0.4) is 0 Å². The number of aromatic amines is 1. The fraction of sp³-hybridized carbons (Fsp3) is 0.333. The predicted octanol–water partition coefficient (Wildman–Crippen LogP) is 2.82. The first kappa shape index (κ1) is 18.9. The number of aromatic nitrogens is 3. The van der Waals surface area contributed by atoms with Crippen LogP contribution < -0.4 is 5.56 Å². The second-order valence-corrected chi connectivity index (χ2v) is 7.20. The van der Waals surface area contributed by atoms with Crippen LogP contribution in [-0.2, 0) is 16.1 Å². The van der Waals surface area contributed by atoms with E-state index < -0.39 is 11.9 Å². The largest absolute Gasteiger partial charge is 0.465 e. The van der Waals surface area contributed by atoms with Gasteiger partial charge in [-0.05, 0) is 51.0 Å². The van der Waals surface area contributed by atoms with Gasteiger partial charge in [-0.15, -0.1) is 0 Å². The Morgan fingerprint density at radius 3 is 2.66 bits per heavy atom. The van der Waals surface area contributed by atoms with E-state index in [1.54, 1.807) is 0 Å². The minimum absolute atomic E-state index is 0.181. The molecule has 0 spiro atoms. The first-order chi connectivity index (χ1) is 13.9. The van der Waals surface area contributed by atoms with Crippen LogP contribution in [0.5, 0.6) is 0 Å². The molecule has 1 aliphatic carbocycles. The van der Waals surface area contributed by atoms with Crippen LogP contribution in [0.4, 0.5) is 0 Å². The standard InChI is InChI=1S/C21H21N3O5/c1-11-8-16(12(2)24(11)14-5-6-14)21(27)29-10-18-22-17-9-13(20(26)28-3)4-7-15(17)19(25)23-18/h4,7-9,14H,5-6,10H2,1-3H3,(H,22,23,25). The van der Waals surface area contributed by atoms with Crippen LogP contribution in [0, 0.1) is 13.8 Å². The Balaban J connectivity index is 1.56. The SMILES string of the molecule is COC(=O)c1ccc2c(=O)[nH]c(COC(=O)c3cc(C)n(C4CC4)c3C)nc2c1. The number of fused-ring (bicyclic) bond motifs is 1. The maximum absolute atomic E-state index is 12.6. The number of hydrogen-bond acceptors (Lipinski definition) is 6. The zero-order valence-corrected chi connectivity index (χ0v) is 16.4. The summed E-state index contributed by atoms with van der Waals surface area (Å²) in [5, 5.41) is 0.334. The second-order valence-electron chi connectivity index (χ2n) is 7.20. The molecule has 1 fully saturated rings. The summed E-state index contributed by atoms with van der Waals surface area (Å²) in [4.78, 5) is 43.5. The third-order valence-corrected chi connectivity index (χ3v) is 5.13. The minimum Gasteiger partial charge on any atom is -0.465 e. The zero-order valence-electron chi connectivity index (χ0n) is 16.4. The van der Waals surface area contributed by atoms with Crippen LogP contribution in [0.2, 0.25) is 0 Å². The molecule has 0 bridgehead atoms. The summed E-state index contributed by atoms with van der Waals surface area (Å²) >= 11 is 0. The van der Waals surface area contributed by atoms with Crippen molar-refractivity contribution in [2.75, 3.05) is 7.11 Å². The number of H-pyrrole nitrogens is 1. The molecule has 8 heteroatoms. The number of nitrogens with one attached hydrogen (secondary N) is 1. The van der Waals surface area contributed by atoms with Crippen molar-refractivity contribution < 1.29 is 19.1 Å². The molecule has 8 nitrogen and oxygen atoms in total. The Labute approximate surface area is 166 Å². The van der Waals surface area contributed by atoms with E-state index in [9.17, 15) is 14.4 Å². The molecular formula is C21H21N3O5. The molecule has 0 atom stereocenters. The molecule has 150 valence electrons. The highest BCUT2D eigenvalue weighted by Crippen LogP contribution is 2.38. The Kier molecular flexibility index (Phi) is 4.70. The molecule has 3 aromatic rings. The molecule has 0 amide bonds. The highest BCUT2D eigenvalue weighted by molar-refractivity contribution is 5.94. The van der Waals surface area contributed by atoms with Crippen molar-refractivity contribution in [1.82, 2.24) is 14.5 Å². The predicted molar refractivity (Wildman–Crippen MR) is 105 cm³/mol. The number of carbonyl (C=O) groups is 2. The van der Waals surface area contributed by atoms with Crippen LogP contribution in [0.15, 0.2) is 29.1 Å². The third kappa shape index (κ3) is 3.53. The highest BCUT2D eigenvalue weighted by Gasteiger charge is 2.28. The van der Waals surface area contributed by atoms with Crippen molar-refractivity contribution in [1.29, 1.82) is 0 Å². The number of ether oxygens (including phenoxy) is 2. The summed E-state index contributed by atoms with van der Waals surface area (Å²) in [6, 6.07) is 6.79. The van der Waals surface area contributed by atoms with Gasteiger partial charge in [0.05, 0.1) is 29.1 Å². The second kappa shape index (κ2) is 7.20. The Hall–Kier alpha value is -3.42. The van der Waals surface area contributed by atoms with E-state index in [0.717, 1.165) is 24.2 Å². The lowest BCUT2D eigenvalue weighted by molar-refractivity contribution is 0.0461. The van der Waals surface area contributed by atoms with Crippen molar-refractivity contribution in [3.05, 3.63) is 63.0 Å². The lowest BCUT2D eigenvalue weighted by atomic mass is 10.1. The van der Waals surface area contributed by atoms with Gasteiger partial charge in [0.25, 0.3) is 5.56 Å². The van der Waals surface area contributed by atoms with E-state index in [0.29, 0.717) is 22.5 Å². The number of rotatable bonds is 5. The lowest BCUT2D eigenvalue weighted by Gasteiger charge is -2.08. The molecule has 0 saturated heterocycles. The van der Waals surface area contributed by atoms with Crippen molar-refractivity contribution >= 4 is 22.8 Å². The zero-order chi connectivity index (χ0) is 20.7. The fourth-order valence-corrected chi connectivity index (χ4v) is 3.59. The van der Waals surface area contributed by atoms with Gasteiger partial charge in [0.15, 0.2) is 0 Å². The van der Waals surface area contributed by atoms with Crippen molar-refractivity contribution in [2.24, 2.45) is 0 Å². The monoisotopic (exact) mass is 395 g/mol. The number of carbonyl (C=O) groups excluding carboxylic acids is 2. The average molecular weight is 395 g/mol. The van der Waals surface area contributed by atoms with Crippen molar-refractivity contribution in [3.8, 4) is 0 Å². The molecule has 1 aliphatic rings. The molecule has 0 radical (unpaired) electrons. The molecule has 0 unspecified atom stereocenters. The first-order valence-corrected chi connectivity index (χ1v) is 9.36. The van der Waals surface area contributed by atoms with Crippen LogP contribution >= 0.6 is 0 Å². The average Bonchev–Trinajstić information content (AvgIpc) is 3.49. The molecule has 1 N–H and O–H groups in total. The smallest absolute Gasteiger partial charge is 0.340 e. The van der Waals surface area contributed by atoms with E-state index in [1.807, 2.05) is 19.9 Å². The molecule has 2 aromatic heterocycles. The number of benzene rings is 1. The fourth-order valence-electron chi connectivity index (χ4n) is 3.59. The Morgan fingerprint density at radius 2 is 1.97 bits per heavy atom. The number of esters is 2. The summed E-state index contributed by atoms with van der Waals surface area (Å²) in [6.45, 7) is 3.70. The van der Waals surface area contributed by atoms with Crippen molar-refractivity contribution in [3.63, 3.8) is 0 Å². The minimum atomic E-state index is -0.520. The van der Waals surface area contributed by atoms with Gasteiger partial charge in [-0.3, -0.25) is 4.79 Å². The van der Waals surface area contributed by atoms with Gasteiger partial charge < -0.3 is 19.0 Å². The maximum atomic E-state index is 12.6. The molecule has 29 heavy (non-hydrogen) atoms. The molecule has 1 saturated carbocycles. The number of methoxy groups -OCH3 is 1. The van der Waals surface area contributed by atoms with E-state index in [1.165, 1.54) is 25.3 Å². The third-order valence-electron chi connectivity index (χ3n) is 5.13. The quantitative estimate of drug-likeness (QED) is 0.667. The Bertz CT molecular complexity index is 1190. The van der Waals surface area contributed by atoms with Crippen molar-refractivity contribution in [2.45, 2.75) is 39.3 Å². The van der Waals surface area contributed by atoms with E-state index in [-0.39, 0.29) is 23.6 Å². The maximum Gasteiger partial charge on any atom is 0.340 e. The van der Waals surface area contributed by atoms with Crippen LogP contribution in [0.1, 0.15) is 56.8 Å². The normalized spacial score (nSPS) is 13.5. The van der Waals surface area contributed by atoms with E-state index in [2.05, 4.69) is 14.5 Å². The highest BCUT2D eigenvalue weighted by atomic mass is 16.5. The van der Waals surface area contributed by atoms with Crippen LogP contribution in [0.25, 0.3) is 10.9 Å². The van der Waals surface area contributed by atoms with E-state index >= 15 is 0 Å². The molecule has 2 heterocycles. The van der Waals surface area contributed by atoms with Gasteiger partial charge in [0.1, 0.15) is 12.4 Å². The summed E-state index contributed by atoms with van der Waals surface area (Å²) in [5.41, 5.74) is 2.68.